The van der Waals surface area contributed by atoms with Gasteiger partial charge in [-0.05, 0) is 49.3 Å². The fourth-order valence-corrected chi connectivity index (χ4v) is 3.83. The van der Waals surface area contributed by atoms with E-state index in [1.807, 2.05) is 13.8 Å². The van der Waals surface area contributed by atoms with Crippen molar-refractivity contribution in [2.45, 2.75) is 76.5 Å². The largest absolute Gasteiger partial charge is 0.508 e. The van der Waals surface area contributed by atoms with E-state index in [0.29, 0.717) is 18.4 Å². The van der Waals surface area contributed by atoms with Crippen LogP contribution >= 0.6 is 0 Å². The first kappa shape index (κ1) is 34.6. The Kier molecular flexibility index (Phi) is 14.6. The zero-order chi connectivity index (χ0) is 31.1. The number of aliphatic imine (C=N–C) groups is 1. The van der Waals surface area contributed by atoms with E-state index in [1.165, 1.54) is 24.3 Å². The molecule has 1 aromatic carbocycles. The van der Waals surface area contributed by atoms with E-state index in [9.17, 15) is 34.2 Å². The molecule has 0 radical (unpaired) electrons. The SMILES string of the molecule is CC(C)CC(N)C(=O)NC(CCCN=C(N)N)C(=O)NC(Cc1ccc(O)cc1)C(=O)NC(CCC(N)=O)C(=O)O. The summed E-state index contributed by atoms with van der Waals surface area (Å²) in [4.78, 5) is 66.0. The Hall–Kier alpha value is -4.40. The molecule has 1 rings (SSSR count). The molecule has 0 fully saturated rings. The van der Waals surface area contributed by atoms with E-state index in [0.717, 1.165) is 0 Å². The highest BCUT2D eigenvalue weighted by atomic mass is 16.4. The number of nitrogens with zero attached hydrogens (tertiary/aromatic N) is 1. The predicted molar refractivity (Wildman–Crippen MR) is 151 cm³/mol. The molecule has 1 aromatic rings. The third-order valence-corrected chi connectivity index (χ3v) is 5.94. The minimum Gasteiger partial charge on any atom is -0.508 e. The number of nitrogens with one attached hydrogen (secondary N) is 3. The van der Waals surface area contributed by atoms with Crippen molar-refractivity contribution in [1.82, 2.24) is 16.0 Å². The molecule has 0 aliphatic rings. The Labute approximate surface area is 238 Å². The lowest BCUT2D eigenvalue weighted by atomic mass is 10.0. The number of carbonyl (C=O) groups excluding carboxylic acids is 4. The summed E-state index contributed by atoms with van der Waals surface area (Å²) in [5.74, 6) is -4.28. The Bertz CT molecular complexity index is 1070. The van der Waals surface area contributed by atoms with Gasteiger partial charge in [-0.2, -0.15) is 0 Å². The van der Waals surface area contributed by atoms with Crippen LogP contribution in [0.5, 0.6) is 5.75 Å². The first-order chi connectivity index (χ1) is 19.2. The average molecular weight is 579 g/mol. The Morgan fingerprint density at radius 2 is 1.41 bits per heavy atom. The fraction of sp³-hybridized carbons (Fsp3) is 0.538. The van der Waals surface area contributed by atoms with Gasteiger partial charge in [0.25, 0.3) is 0 Å². The number of carbonyl (C=O) groups is 5. The van der Waals surface area contributed by atoms with Gasteiger partial charge in [0.15, 0.2) is 5.96 Å². The van der Waals surface area contributed by atoms with Gasteiger partial charge in [-0.25, -0.2) is 4.79 Å². The summed E-state index contributed by atoms with van der Waals surface area (Å²) in [6, 6.07) is 1.12. The van der Waals surface area contributed by atoms with Crippen LogP contribution in [0.4, 0.5) is 0 Å². The van der Waals surface area contributed by atoms with Gasteiger partial charge < -0.3 is 49.1 Å². The van der Waals surface area contributed by atoms with Gasteiger partial charge in [-0.15, -0.1) is 0 Å². The molecule has 15 heteroatoms. The molecule has 0 aromatic heterocycles. The zero-order valence-electron chi connectivity index (χ0n) is 23.3. The van der Waals surface area contributed by atoms with Crippen molar-refractivity contribution >= 4 is 35.6 Å². The van der Waals surface area contributed by atoms with Crippen molar-refractivity contribution in [1.29, 1.82) is 0 Å². The molecule has 13 N–H and O–H groups in total. The van der Waals surface area contributed by atoms with Crippen LogP contribution in [-0.2, 0) is 30.4 Å². The molecule has 4 unspecified atom stereocenters. The lowest BCUT2D eigenvalue weighted by Crippen LogP contribution is -2.57. The number of carboxylic acids is 1. The first-order valence-corrected chi connectivity index (χ1v) is 13.2. The number of phenols is 1. The highest BCUT2D eigenvalue weighted by Gasteiger charge is 2.30. The Morgan fingerprint density at radius 1 is 0.854 bits per heavy atom. The molecule has 0 heterocycles. The van der Waals surface area contributed by atoms with Crippen LogP contribution in [0.3, 0.4) is 0 Å². The second-order valence-corrected chi connectivity index (χ2v) is 10.1. The van der Waals surface area contributed by atoms with Crippen molar-refractivity contribution in [3.63, 3.8) is 0 Å². The van der Waals surface area contributed by atoms with Crippen molar-refractivity contribution in [3.8, 4) is 5.75 Å². The third kappa shape index (κ3) is 14.0. The monoisotopic (exact) mass is 578 g/mol. The number of aromatic hydroxyl groups is 1. The number of aliphatic carboxylic acids is 1. The predicted octanol–water partition coefficient (Wildman–Crippen LogP) is -1.83. The molecular formula is C26H42N8O7. The standard InChI is InChI=1S/C26H42N8O7/c1-14(2)12-17(27)22(37)32-18(4-3-11-31-26(29)30)23(38)34-20(13-15-5-7-16(35)8-6-15)24(39)33-19(25(40)41)9-10-21(28)36/h5-8,14,17-20,35H,3-4,9-13,27H2,1-2H3,(H2,28,36)(H,32,37)(H,33,39)(H,34,38)(H,40,41)(H4,29,30,31). The van der Waals surface area contributed by atoms with E-state index in [4.69, 9.17) is 22.9 Å². The Balaban J connectivity index is 3.20. The van der Waals surface area contributed by atoms with Gasteiger partial charge in [0.2, 0.25) is 23.6 Å². The molecule has 4 amide bonds. The summed E-state index contributed by atoms with van der Waals surface area (Å²) in [5.41, 5.74) is 22.3. The third-order valence-electron chi connectivity index (χ3n) is 5.94. The number of hydrogen-bond acceptors (Lipinski definition) is 8. The molecular weight excluding hydrogens is 536 g/mol. The summed E-state index contributed by atoms with van der Waals surface area (Å²) in [5, 5.41) is 26.6. The van der Waals surface area contributed by atoms with Crippen molar-refractivity contribution in [3.05, 3.63) is 29.8 Å². The van der Waals surface area contributed by atoms with Crippen LogP contribution in [0, 0.1) is 5.92 Å². The molecule has 0 saturated carbocycles. The highest BCUT2D eigenvalue weighted by Crippen LogP contribution is 2.13. The fourth-order valence-electron chi connectivity index (χ4n) is 3.83. The molecule has 0 aliphatic heterocycles. The summed E-state index contributed by atoms with van der Waals surface area (Å²) < 4.78 is 0. The minimum absolute atomic E-state index is 0.0162. The van der Waals surface area contributed by atoms with Crippen LogP contribution in [0.25, 0.3) is 0 Å². The minimum atomic E-state index is -1.45. The number of nitrogens with two attached hydrogens (primary N) is 4. The summed E-state index contributed by atoms with van der Waals surface area (Å²) in [6.45, 7) is 3.97. The highest BCUT2D eigenvalue weighted by molar-refractivity contribution is 5.94. The quantitative estimate of drug-likeness (QED) is 0.0533. The number of primary amides is 1. The lowest BCUT2D eigenvalue weighted by Gasteiger charge is -2.25. The van der Waals surface area contributed by atoms with Crippen LogP contribution in [0.15, 0.2) is 29.3 Å². The van der Waals surface area contributed by atoms with E-state index in [-0.39, 0.29) is 49.9 Å². The van der Waals surface area contributed by atoms with Gasteiger partial charge in [0.1, 0.15) is 23.9 Å². The average Bonchev–Trinajstić information content (AvgIpc) is 2.87. The zero-order valence-corrected chi connectivity index (χ0v) is 23.3. The van der Waals surface area contributed by atoms with Crippen molar-refractivity contribution in [2.75, 3.05) is 6.54 Å². The van der Waals surface area contributed by atoms with E-state index < -0.39 is 53.8 Å². The maximum absolute atomic E-state index is 13.4. The summed E-state index contributed by atoms with van der Waals surface area (Å²) in [6.07, 6.45) is 0.162. The van der Waals surface area contributed by atoms with Crippen molar-refractivity contribution in [2.24, 2.45) is 33.8 Å². The Morgan fingerprint density at radius 3 is 1.95 bits per heavy atom. The first-order valence-electron chi connectivity index (χ1n) is 13.2. The van der Waals surface area contributed by atoms with Crippen LogP contribution < -0.4 is 38.9 Å². The van der Waals surface area contributed by atoms with Crippen molar-refractivity contribution < 1.29 is 34.2 Å². The summed E-state index contributed by atoms with van der Waals surface area (Å²) >= 11 is 0. The number of phenolic OH excluding ortho intramolecular Hbond substituents is 1. The number of carboxylic acid groups (broad SMARTS) is 1. The number of guanidine groups is 1. The van der Waals surface area contributed by atoms with E-state index in [2.05, 4.69) is 20.9 Å². The maximum atomic E-state index is 13.4. The van der Waals surface area contributed by atoms with Gasteiger partial charge in [0.05, 0.1) is 6.04 Å². The van der Waals surface area contributed by atoms with Crippen LogP contribution in [0.1, 0.15) is 51.5 Å². The van der Waals surface area contributed by atoms with Crippen LogP contribution in [-0.4, -0.2) is 76.5 Å². The second-order valence-electron chi connectivity index (χ2n) is 10.1. The lowest BCUT2D eigenvalue weighted by molar-refractivity contribution is -0.142. The smallest absolute Gasteiger partial charge is 0.326 e. The molecule has 0 bridgehead atoms. The van der Waals surface area contributed by atoms with E-state index >= 15 is 0 Å². The van der Waals surface area contributed by atoms with Gasteiger partial charge in [-0.1, -0.05) is 26.0 Å². The molecule has 4 atom stereocenters. The molecule has 0 saturated heterocycles. The van der Waals surface area contributed by atoms with Gasteiger partial charge in [-0.3, -0.25) is 24.2 Å². The van der Waals surface area contributed by atoms with E-state index in [1.54, 1.807) is 0 Å². The maximum Gasteiger partial charge on any atom is 0.326 e. The van der Waals surface area contributed by atoms with Crippen LogP contribution in [0.2, 0.25) is 0 Å². The molecule has 0 spiro atoms. The number of hydrogen-bond donors (Lipinski definition) is 9. The van der Waals surface area contributed by atoms with Gasteiger partial charge in [0, 0.05) is 19.4 Å². The molecule has 41 heavy (non-hydrogen) atoms. The number of amides is 4. The molecule has 0 aliphatic carbocycles. The molecule has 15 nitrogen and oxygen atoms in total. The van der Waals surface area contributed by atoms with Gasteiger partial charge >= 0.3 is 5.97 Å². The number of benzene rings is 1. The summed E-state index contributed by atoms with van der Waals surface area (Å²) in [7, 11) is 0. The topological polar surface area (TPSA) is 278 Å². The molecule has 228 valence electrons. The number of rotatable bonds is 18. The normalized spacial score (nSPS) is 13.8. The second kappa shape index (κ2) is 17.3.